The van der Waals surface area contributed by atoms with Gasteiger partial charge in [-0.25, -0.2) is 14.6 Å². The molecule has 2 heterocycles. The number of aromatic nitrogens is 3. The van der Waals surface area contributed by atoms with Crippen LogP contribution in [0.25, 0.3) is 11.1 Å². The highest BCUT2D eigenvalue weighted by molar-refractivity contribution is 5.90. The minimum atomic E-state index is -0.994. The fraction of sp³-hybridized carbons (Fsp3) is 0.100. The number of rotatable bonds is 5. The number of aryl methyl sites for hydroxylation is 2. The lowest BCUT2D eigenvalue weighted by Gasteiger charge is -2.12. The van der Waals surface area contributed by atoms with Gasteiger partial charge in [0.05, 0.1) is 11.1 Å². The second kappa shape index (κ2) is 7.12. The number of nitrogens with zero attached hydrogens (tertiary/aromatic N) is 2. The van der Waals surface area contributed by atoms with Crippen LogP contribution in [0.2, 0.25) is 0 Å². The fourth-order valence-electron chi connectivity index (χ4n) is 2.85. The Bertz CT molecular complexity index is 1290. The number of aromatic amines is 1. The average molecular weight is 391 g/mol. The molecule has 4 aromatic rings. The number of oxazole rings is 1. The molecule has 2 aromatic heterocycles. The standard InChI is InChI=1S/C20H17N5O4/c1-10-3-4-12(7-14(10)18(26)27)23-19-21-9-11(2)17(25-19)22-13-5-6-16-15(8-13)24-20(28)29-16/h3-9H,1-2H3,(H,24,28)(H,26,27)(H2,21,22,23,25). The zero-order valence-corrected chi connectivity index (χ0v) is 15.6. The van der Waals surface area contributed by atoms with Crippen LogP contribution < -0.4 is 16.4 Å². The van der Waals surface area contributed by atoms with Crippen molar-refractivity contribution >= 4 is 40.2 Å². The summed E-state index contributed by atoms with van der Waals surface area (Å²) in [5.41, 5.74) is 4.02. The number of carboxylic acid groups (broad SMARTS) is 1. The number of fused-ring (bicyclic) bond motifs is 1. The molecule has 9 nitrogen and oxygen atoms in total. The summed E-state index contributed by atoms with van der Waals surface area (Å²) in [7, 11) is 0. The summed E-state index contributed by atoms with van der Waals surface area (Å²) in [6.45, 7) is 3.60. The van der Waals surface area contributed by atoms with Crippen LogP contribution in [0.4, 0.5) is 23.1 Å². The Morgan fingerprint density at radius 2 is 1.83 bits per heavy atom. The van der Waals surface area contributed by atoms with Crippen molar-refractivity contribution in [3.63, 3.8) is 0 Å². The summed E-state index contributed by atoms with van der Waals surface area (Å²) < 4.78 is 5.00. The van der Waals surface area contributed by atoms with E-state index in [4.69, 9.17) is 4.42 Å². The first-order valence-corrected chi connectivity index (χ1v) is 8.73. The molecule has 29 heavy (non-hydrogen) atoms. The highest BCUT2D eigenvalue weighted by Crippen LogP contribution is 2.24. The Morgan fingerprint density at radius 1 is 1.07 bits per heavy atom. The molecule has 0 aliphatic heterocycles. The minimum Gasteiger partial charge on any atom is -0.478 e. The lowest BCUT2D eigenvalue weighted by Crippen LogP contribution is -2.04. The summed E-state index contributed by atoms with van der Waals surface area (Å²) in [5, 5.41) is 15.5. The molecule has 0 fully saturated rings. The van der Waals surface area contributed by atoms with E-state index in [0.717, 1.165) is 5.56 Å². The third-order valence-electron chi connectivity index (χ3n) is 4.38. The van der Waals surface area contributed by atoms with Crippen LogP contribution in [0, 0.1) is 13.8 Å². The van der Waals surface area contributed by atoms with E-state index in [9.17, 15) is 14.7 Å². The van der Waals surface area contributed by atoms with Crippen LogP contribution in [0.3, 0.4) is 0 Å². The van der Waals surface area contributed by atoms with E-state index in [2.05, 4.69) is 25.6 Å². The molecule has 9 heteroatoms. The Labute approximate surface area is 164 Å². The maximum absolute atomic E-state index is 11.3. The van der Waals surface area contributed by atoms with Crippen molar-refractivity contribution in [1.29, 1.82) is 0 Å². The Kier molecular flexibility index (Phi) is 4.47. The molecule has 0 spiro atoms. The average Bonchev–Trinajstić information content (AvgIpc) is 3.05. The van der Waals surface area contributed by atoms with Crippen LogP contribution >= 0.6 is 0 Å². The lowest BCUT2D eigenvalue weighted by molar-refractivity contribution is 0.0696. The SMILES string of the molecule is Cc1ccc(Nc2ncc(C)c(Nc3ccc4oc(=O)[nH]c4c3)n2)cc1C(=O)O. The van der Waals surface area contributed by atoms with Gasteiger partial charge in [-0.2, -0.15) is 4.98 Å². The van der Waals surface area contributed by atoms with E-state index in [0.29, 0.717) is 39.8 Å². The summed E-state index contributed by atoms with van der Waals surface area (Å²) in [6.07, 6.45) is 1.65. The van der Waals surface area contributed by atoms with Crippen LogP contribution in [-0.4, -0.2) is 26.0 Å². The first-order chi connectivity index (χ1) is 13.9. The molecule has 146 valence electrons. The fourth-order valence-corrected chi connectivity index (χ4v) is 2.85. The predicted octanol–water partition coefficient (Wildman–Crippen LogP) is 3.71. The molecule has 0 aliphatic carbocycles. The molecule has 0 unspecified atom stereocenters. The molecule has 0 saturated heterocycles. The third kappa shape index (κ3) is 3.79. The molecule has 0 amide bonds. The monoisotopic (exact) mass is 391 g/mol. The van der Waals surface area contributed by atoms with Crippen molar-refractivity contribution in [3.8, 4) is 0 Å². The molecule has 0 atom stereocenters. The van der Waals surface area contributed by atoms with E-state index in [1.165, 1.54) is 6.07 Å². The van der Waals surface area contributed by atoms with Gasteiger partial charge in [-0.3, -0.25) is 4.98 Å². The van der Waals surface area contributed by atoms with Crippen LogP contribution in [0.15, 0.2) is 51.8 Å². The van der Waals surface area contributed by atoms with Gasteiger partial charge in [-0.15, -0.1) is 0 Å². The smallest absolute Gasteiger partial charge is 0.417 e. The van der Waals surface area contributed by atoms with Crippen molar-refractivity contribution in [3.05, 3.63) is 69.8 Å². The molecular weight excluding hydrogens is 374 g/mol. The quantitative estimate of drug-likeness (QED) is 0.405. The minimum absolute atomic E-state index is 0.211. The number of nitrogens with one attached hydrogen (secondary N) is 3. The Morgan fingerprint density at radius 3 is 2.62 bits per heavy atom. The van der Waals surface area contributed by atoms with Crippen molar-refractivity contribution in [2.24, 2.45) is 0 Å². The zero-order valence-electron chi connectivity index (χ0n) is 15.6. The number of benzene rings is 2. The normalized spacial score (nSPS) is 10.8. The van der Waals surface area contributed by atoms with Gasteiger partial charge < -0.3 is 20.2 Å². The molecule has 4 rings (SSSR count). The Balaban J connectivity index is 1.61. The number of H-pyrrole nitrogens is 1. The van der Waals surface area contributed by atoms with Crippen LogP contribution in [0.1, 0.15) is 21.5 Å². The van der Waals surface area contributed by atoms with Crippen molar-refractivity contribution < 1.29 is 14.3 Å². The molecule has 2 aromatic carbocycles. The topological polar surface area (TPSA) is 133 Å². The summed E-state index contributed by atoms with van der Waals surface area (Å²) in [5.74, 6) is -0.624. The number of hydrogen-bond acceptors (Lipinski definition) is 7. The molecule has 0 saturated carbocycles. The summed E-state index contributed by atoms with van der Waals surface area (Å²) in [4.78, 5) is 34.0. The van der Waals surface area contributed by atoms with Crippen molar-refractivity contribution in [1.82, 2.24) is 15.0 Å². The molecule has 0 radical (unpaired) electrons. The van der Waals surface area contributed by atoms with Gasteiger partial charge in [-0.1, -0.05) is 6.07 Å². The number of hydrogen-bond donors (Lipinski definition) is 4. The van der Waals surface area contributed by atoms with E-state index in [1.54, 1.807) is 43.5 Å². The van der Waals surface area contributed by atoms with Gasteiger partial charge in [0, 0.05) is 23.1 Å². The second-order valence-corrected chi connectivity index (χ2v) is 6.54. The maximum atomic E-state index is 11.3. The lowest BCUT2D eigenvalue weighted by atomic mass is 10.1. The van der Waals surface area contributed by atoms with E-state index < -0.39 is 11.7 Å². The number of anilines is 4. The first kappa shape index (κ1) is 18.2. The van der Waals surface area contributed by atoms with Gasteiger partial charge >= 0.3 is 11.7 Å². The molecule has 0 aliphatic rings. The van der Waals surface area contributed by atoms with Crippen molar-refractivity contribution in [2.45, 2.75) is 13.8 Å². The van der Waals surface area contributed by atoms with Gasteiger partial charge in [0.2, 0.25) is 5.95 Å². The van der Waals surface area contributed by atoms with Gasteiger partial charge in [0.1, 0.15) is 5.82 Å². The largest absolute Gasteiger partial charge is 0.478 e. The summed E-state index contributed by atoms with van der Waals surface area (Å²) >= 11 is 0. The molecular formula is C20H17N5O4. The van der Waals surface area contributed by atoms with Gasteiger partial charge in [-0.05, 0) is 49.7 Å². The summed E-state index contributed by atoms with van der Waals surface area (Å²) in [6, 6.07) is 10.2. The first-order valence-electron chi connectivity index (χ1n) is 8.73. The Hall–Kier alpha value is -4.14. The van der Waals surface area contributed by atoms with Crippen LogP contribution in [0.5, 0.6) is 0 Å². The van der Waals surface area contributed by atoms with Crippen molar-refractivity contribution in [2.75, 3.05) is 10.6 Å². The molecule has 0 bridgehead atoms. The van der Waals surface area contributed by atoms with Crippen LogP contribution in [-0.2, 0) is 0 Å². The van der Waals surface area contributed by atoms with E-state index in [-0.39, 0.29) is 5.56 Å². The van der Waals surface area contributed by atoms with Gasteiger partial charge in [0.15, 0.2) is 5.58 Å². The second-order valence-electron chi connectivity index (χ2n) is 6.54. The van der Waals surface area contributed by atoms with Gasteiger partial charge in [0.25, 0.3) is 0 Å². The van der Waals surface area contributed by atoms with E-state index >= 15 is 0 Å². The number of carboxylic acids is 1. The van der Waals surface area contributed by atoms with E-state index in [1.807, 2.05) is 6.92 Å². The maximum Gasteiger partial charge on any atom is 0.417 e. The zero-order chi connectivity index (χ0) is 20.5. The third-order valence-corrected chi connectivity index (χ3v) is 4.38. The molecule has 4 N–H and O–H groups in total. The highest BCUT2D eigenvalue weighted by Gasteiger charge is 2.10. The number of carbonyl (C=O) groups is 1. The number of aromatic carboxylic acids is 1. The predicted molar refractivity (Wildman–Crippen MR) is 108 cm³/mol. The highest BCUT2D eigenvalue weighted by atomic mass is 16.4.